The highest BCUT2D eigenvalue weighted by Crippen LogP contribution is 2.23. The third-order valence-electron chi connectivity index (χ3n) is 5.12. The molecule has 0 spiro atoms. The number of rotatable bonds is 4. The Morgan fingerprint density at radius 1 is 1.08 bits per heavy atom. The van der Waals surface area contributed by atoms with E-state index in [1.165, 1.54) is 6.42 Å². The van der Waals surface area contributed by atoms with E-state index < -0.39 is 0 Å². The molecular weight excluding hydrogens is 304 g/mol. The van der Waals surface area contributed by atoms with Gasteiger partial charge in [0.15, 0.2) is 0 Å². The van der Waals surface area contributed by atoms with Crippen molar-refractivity contribution in [1.82, 2.24) is 10.2 Å². The molecule has 2 aliphatic rings. The summed E-state index contributed by atoms with van der Waals surface area (Å²) in [6, 6.07) is 10.3. The van der Waals surface area contributed by atoms with E-state index in [1.54, 1.807) is 7.11 Å². The number of para-hydroxylation sites is 1. The molecule has 132 valence electrons. The van der Waals surface area contributed by atoms with Crippen molar-refractivity contribution in [2.24, 2.45) is 0 Å². The Balaban J connectivity index is 1.45. The summed E-state index contributed by atoms with van der Waals surface area (Å²) in [5.41, 5.74) is 0. The lowest BCUT2D eigenvalue weighted by atomic mass is 10.1. The molecule has 1 saturated heterocycles. The molecule has 0 unspecified atom stereocenters. The average Bonchev–Trinajstić information content (AvgIpc) is 2.92. The number of carbonyl (C=O) groups is 1. The van der Waals surface area contributed by atoms with Crippen LogP contribution in [-0.4, -0.2) is 49.4 Å². The predicted molar refractivity (Wildman–Crippen MR) is 93.2 cm³/mol. The van der Waals surface area contributed by atoms with Gasteiger partial charge in [0.1, 0.15) is 5.75 Å². The SMILES string of the molecule is CO[C@@H]1CC[C@H](N[C@H]2CCCN(C(=O)Oc3ccccc3)CC2)C1. The van der Waals surface area contributed by atoms with E-state index in [1.807, 2.05) is 35.2 Å². The maximum atomic E-state index is 12.3. The molecule has 3 atom stereocenters. The Morgan fingerprint density at radius 2 is 1.92 bits per heavy atom. The average molecular weight is 332 g/mol. The molecule has 5 nitrogen and oxygen atoms in total. The number of benzene rings is 1. The van der Waals surface area contributed by atoms with E-state index in [2.05, 4.69) is 5.32 Å². The van der Waals surface area contributed by atoms with Gasteiger partial charge < -0.3 is 19.7 Å². The lowest BCUT2D eigenvalue weighted by Crippen LogP contribution is -2.39. The van der Waals surface area contributed by atoms with Crippen LogP contribution in [0.5, 0.6) is 5.75 Å². The van der Waals surface area contributed by atoms with Gasteiger partial charge >= 0.3 is 6.09 Å². The number of amides is 1. The molecule has 1 heterocycles. The van der Waals surface area contributed by atoms with Crippen LogP contribution in [0.3, 0.4) is 0 Å². The molecule has 1 aromatic carbocycles. The molecule has 2 fully saturated rings. The number of carbonyl (C=O) groups excluding carboxylic acids is 1. The highest BCUT2D eigenvalue weighted by Gasteiger charge is 2.28. The number of nitrogens with one attached hydrogen (secondary N) is 1. The maximum Gasteiger partial charge on any atom is 0.415 e. The van der Waals surface area contributed by atoms with Crippen molar-refractivity contribution in [3.8, 4) is 5.75 Å². The smallest absolute Gasteiger partial charge is 0.410 e. The number of hydrogen-bond donors (Lipinski definition) is 1. The van der Waals surface area contributed by atoms with Crippen LogP contribution in [-0.2, 0) is 4.74 Å². The molecule has 0 bridgehead atoms. The lowest BCUT2D eigenvalue weighted by molar-refractivity contribution is 0.106. The van der Waals surface area contributed by atoms with E-state index in [9.17, 15) is 4.79 Å². The minimum atomic E-state index is -0.234. The second kappa shape index (κ2) is 8.49. The minimum absolute atomic E-state index is 0.234. The van der Waals surface area contributed by atoms with Crippen LogP contribution in [0.1, 0.15) is 38.5 Å². The molecule has 1 aliphatic heterocycles. The molecule has 0 aromatic heterocycles. The normalized spacial score (nSPS) is 27.7. The van der Waals surface area contributed by atoms with Crippen molar-refractivity contribution in [2.75, 3.05) is 20.2 Å². The Bertz CT molecular complexity index is 523. The van der Waals surface area contributed by atoms with Crippen LogP contribution in [0.2, 0.25) is 0 Å². The lowest BCUT2D eigenvalue weighted by Gasteiger charge is -2.22. The monoisotopic (exact) mass is 332 g/mol. The van der Waals surface area contributed by atoms with Crippen molar-refractivity contribution < 1.29 is 14.3 Å². The third kappa shape index (κ3) is 4.71. The Labute approximate surface area is 144 Å². The van der Waals surface area contributed by atoms with Gasteiger partial charge in [-0.15, -0.1) is 0 Å². The van der Waals surface area contributed by atoms with Gasteiger partial charge in [-0.2, -0.15) is 0 Å². The van der Waals surface area contributed by atoms with Crippen molar-refractivity contribution in [2.45, 2.75) is 56.7 Å². The minimum Gasteiger partial charge on any atom is -0.410 e. The molecule has 1 aromatic rings. The standard InChI is InChI=1S/C19H28N2O3/c1-23-18-10-9-16(14-18)20-15-6-5-12-21(13-11-15)19(22)24-17-7-3-2-4-8-17/h2-4,7-8,15-16,18,20H,5-6,9-14H2,1H3/t15-,16-,18+/m0/s1. The van der Waals surface area contributed by atoms with E-state index in [0.717, 1.165) is 45.2 Å². The number of likely N-dealkylation sites (tertiary alicyclic amines) is 1. The highest BCUT2D eigenvalue weighted by atomic mass is 16.6. The van der Waals surface area contributed by atoms with E-state index in [4.69, 9.17) is 9.47 Å². The van der Waals surface area contributed by atoms with Crippen LogP contribution >= 0.6 is 0 Å². The summed E-state index contributed by atoms with van der Waals surface area (Å²) in [5.74, 6) is 0.609. The van der Waals surface area contributed by atoms with Crippen molar-refractivity contribution in [3.05, 3.63) is 30.3 Å². The van der Waals surface area contributed by atoms with Gasteiger partial charge in [0.2, 0.25) is 0 Å². The first-order valence-electron chi connectivity index (χ1n) is 9.05. The second-order valence-corrected chi connectivity index (χ2v) is 6.83. The van der Waals surface area contributed by atoms with Crippen LogP contribution in [0.4, 0.5) is 4.79 Å². The molecule has 3 rings (SSSR count). The van der Waals surface area contributed by atoms with Gasteiger partial charge in [0.05, 0.1) is 6.10 Å². The second-order valence-electron chi connectivity index (χ2n) is 6.83. The number of hydrogen-bond acceptors (Lipinski definition) is 4. The number of nitrogens with zero attached hydrogens (tertiary/aromatic N) is 1. The van der Waals surface area contributed by atoms with Crippen molar-refractivity contribution >= 4 is 6.09 Å². The summed E-state index contributed by atoms with van der Waals surface area (Å²) in [4.78, 5) is 14.2. The third-order valence-corrected chi connectivity index (χ3v) is 5.12. The zero-order valence-electron chi connectivity index (χ0n) is 14.4. The van der Waals surface area contributed by atoms with Crippen LogP contribution < -0.4 is 10.1 Å². The first-order valence-corrected chi connectivity index (χ1v) is 9.05. The molecule has 1 saturated carbocycles. The van der Waals surface area contributed by atoms with Gasteiger partial charge in [-0.3, -0.25) is 0 Å². The highest BCUT2D eigenvalue weighted by molar-refractivity contribution is 5.70. The summed E-state index contributed by atoms with van der Waals surface area (Å²) in [6.45, 7) is 1.53. The van der Waals surface area contributed by atoms with Crippen molar-refractivity contribution in [1.29, 1.82) is 0 Å². The summed E-state index contributed by atoms with van der Waals surface area (Å²) < 4.78 is 10.9. The van der Waals surface area contributed by atoms with Gasteiger partial charge in [-0.05, 0) is 50.7 Å². The largest absolute Gasteiger partial charge is 0.415 e. The molecular formula is C19H28N2O3. The Kier molecular flexibility index (Phi) is 6.10. The fourth-order valence-corrected chi connectivity index (χ4v) is 3.74. The molecule has 1 N–H and O–H groups in total. The zero-order chi connectivity index (χ0) is 16.8. The fourth-order valence-electron chi connectivity index (χ4n) is 3.74. The van der Waals surface area contributed by atoms with Gasteiger partial charge in [0.25, 0.3) is 0 Å². The summed E-state index contributed by atoms with van der Waals surface area (Å²) in [6.07, 6.45) is 6.73. The maximum absolute atomic E-state index is 12.3. The molecule has 1 aliphatic carbocycles. The molecule has 5 heteroatoms. The summed E-state index contributed by atoms with van der Waals surface area (Å²) in [5, 5.41) is 3.77. The van der Waals surface area contributed by atoms with Crippen LogP contribution in [0.15, 0.2) is 30.3 Å². The number of ether oxygens (including phenoxy) is 2. The molecule has 1 amide bonds. The first-order chi connectivity index (χ1) is 11.7. The van der Waals surface area contributed by atoms with E-state index in [0.29, 0.717) is 23.9 Å². The Hall–Kier alpha value is -1.59. The van der Waals surface area contributed by atoms with Crippen LogP contribution in [0, 0.1) is 0 Å². The Morgan fingerprint density at radius 3 is 2.67 bits per heavy atom. The van der Waals surface area contributed by atoms with E-state index >= 15 is 0 Å². The quantitative estimate of drug-likeness (QED) is 0.920. The fraction of sp³-hybridized carbons (Fsp3) is 0.632. The summed E-state index contributed by atoms with van der Waals surface area (Å²) >= 11 is 0. The van der Waals surface area contributed by atoms with Crippen LogP contribution in [0.25, 0.3) is 0 Å². The number of methoxy groups -OCH3 is 1. The first kappa shape index (κ1) is 17.2. The van der Waals surface area contributed by atoms with Gasteiger partial charge in [-0.1, -0.05) is 18.2 Å². The molecule has 24 heavy (non-hydrogen) atoms. The van der Waals surface area contributed by atoms with Gasteiger partial charge in [0, 0.05) is 32.3 Å². The van der Waals surface area contributed by atoms with Gasteiger partial charge in [-0.25, -0.2) is 4.79 Å². The predicted octanol–water partition coefficient (Wildman–Crippen LogP) is 3.20. The summed E-state index contributed by atoms with van der Waals surface area (Å²) in [7, 11) is 1.80. The zero-order valence-corrected chi connectivity index (χ0v) is 14.4. The van der Waals surface area contributed by atoms with E-state index in [-0.39, 0.29) is 6.09 Å². The molecule has 0 radical (unpaired) electrons. The van der Waals surface area contributed by atoms with Crippen molar-refractivity contribution in [3.63, 3.8) is 0 Å². The topological polar surface area (TPSA) is 50.8 Å².